The first-order valence-electron chi connectivity index (χ1n) is 37.9. The zero-order valence-electron chi connectivity index (χ0n) is 56.0. The normalized spacial score (nSPS) is 12.5. The number of aliphatic hydroxyl groups excluding tert-OH is 2. The van der Waals surface area contributed by atoms with E-state index >= 15 is 0 Å². The molecule has 0 aromatic rings. The topological polar surface area (TPSA) is 95.9 Å². The van der Waals surface area contributed by atoms with Crippen LogP contribution in [0.4, 0.5) is 0 Å². The molecule has 6 heteroatoms. The van der Waals surface area contributed by atoms with Gasteiger partial charge >= 0.3 is 5.97 Å². The molecule has 82 heavy (non-hydrogen) atoms. The number of hydrogen-bond donors (Lipinski definition) is 3. The van der Waals surface area contributed by atoms with Crippen LogP contribution in [0.25, 0.3) is 0 Å². The monoisotopic (exact) mass is 1160 g/mol. The van der Waals surface area contributed by atoms with Crippen LogP contribution in [0.15, 0.2) is 12.2 Å². The minimum atomic E-state index is -0.664. The fourth-order valence-corrected chi connectivity index (χ4v) is 12.3. The summed E-state index contributed by atoms with van der Waals surface area (Å²) in [5.41, 5.74) is 0. The van der Waals surface area contributed by atoms with Crippen LogP contribution < -0.4 is 5.32 Å². The zero-order chi connectivity index (χ0) is 59.2. The van der Waals surface area contributed by atoms with Crippen LogP contribution >= 0.6 is 0 Å². The van der Waals surface area contributed by atoms with E-state index in [9.17, 15) is 19.8 Å². The molecule has 488 valence electrons. The number of allylic oxidation sites excluding steroid dienone is 2. The third kappa shape index (κ3) is 67.7. The molecule has 1 amide bonds. The summed E-state index contributed by atoms with van der Waals surface area (Å²) in [7, 11) is 0. The van der Waals surface area contributed by atoms with Crippen molar-refractivity contribution in [3.05, 3.63) is 12.2 Å². The Hall–Kier alpha value is -1.40. The smallest absolute Gasteiger partial charge is 0.305 e. The predicted octanol–water partition coefficient (Wildman–Crippen LogP) is 24.7. The lowest BCUT2D eigenvalue weighted by Gasteiger charge is -2.22. The molecule has 0 fully saturated rings. The maximum Gasteiger partial charge on any atom is 0.305 e. The maximum absolute atomic E-state index is 12.6. The summed E-state index contributed by atoms with van der Waals surface area (Å²) < 4.78 is 5.50. The summed E-state index contributed by atoms with van der Waals surface area (Å²) in [5, 5.41) is 23.5. The van der Waals surface area contributed by atoms with Crippen LogP contribution in [0, 0.1) is 0 Å². The molecule has 0 rings (SSSR count). The first-order chi connectivity index (χ1) is 40.5. The average molecular weight is 1160 g/mol. The van der Waals surface area contributed by atoms with E-state index in [1.165, 1.54) is 360 Å². The molecule has 0 saturated carbocycles. The molecule has 0 aliphatic heterocycles. The number of carbonyl (C=O) groups is 2. The molecule has 2 atom stereocenters. The lowest BCUT2D eigenvalue weighted by atomic mass is 10.0. The minimum absolute atomic E-state index is 0.0105. The van der Waals surface area contributed by atoms with Crippen LogP contribution in [0.2, 0.25) is 0 Å². The zero-order valence-corrected chi connectivity index (χ0v) is 56.0. The molecule has 0 spiro atoms. The van der Waals surface area contributed by atoms with Crippen molar-refractivity contribution in [3.63, 3.8) is 0 Å². The quantitative estimate of drug-likeness (QED) is 0.0320. The Kier molecular flexibility index (Phi) is 70.8. The number of nitrogens with one attached hydrogen (secondary N) is 1. The predicted molar refractivity (Wildman–Crippen MR) is 361 cm³/mol. The van der Waals surface area contributed by atoms with Crippen LogP contribution in [0.5, 0.6) is 0 Å². The van der Waals surface area contributed by atoms with Crippen molar-refractivity contribution in [2.75, 3.05) is 13.2 Å². The maximum atomic E-state index is 12.6. The molecular weight excluding hydrogens is 1010 g/mol. The van der Waals surface area contributed by atoms with E-state index in [2.05, 4.69) is 31.3 Å². The summed E-state index contributed by atoms with van der Waals surface area (Å²) in [5.74, 6) is -0.0170. The highest BCUT2D eigenvalue weighted by molar-refractivity contribution is 5.76. The van der Waals surface area contributed by atoms with E-state index in [0.29, 0.717) is 25.9 Å². The van der Waals surface area contributed by atoms with E-state index in [0.717, 1.165) is 44.9 Å². The largest absolute Gasteiger partial charge is 0.466 e. The van der Waals surface area contributed by atoms with Gasteiger partial charge in [0.05, 0.1) is 25.4 Å². The number of unbranched alkanes of at least 4 members (excludes halogenated alkanes) is 59. The molecule has 0 aliphatic carbocycles. The summed E-state index contributed by atoms with van der Waals surface area (Å²) in [6.07, 6.45) is 89.9. The molecular formula is C76H149NO5. The van der Waals surface area contributed by atoms with Gasteiger partial charge in [-0.1, -0.05) is 386 Å². The van der Waals surface area contributed by atoms with Gasteiger partial charge in [0.25, 0.3) is 0 Å². The SMILES string of the molecule is CCCCCCCCC/C=C\CCCCCCCC(=O)OCCCCCCCCCCCCCCCCCCCCCCCCCCCC(=O)NC(CO)C(O)CCCCCCCCCCCCCCCCCCCCCCCCCC. The Morgan fingerprint density at radius 2 is 0.573 bits per heavy atom. The van der Waals surface area contributed by atoms with Crippen LogP contribution in [0.1, 0.15) is 438 Å². The number of esters is 1. The van der Waals surface area contributed by atoms with Crippen molar-refractivity contribution >= 4 is 11.9 Å². The summed E-state index contributed by atoms with van der Waals surface area (Å²) in [4.78, 5) is 24.7. The Morgan fingerprint density at radius 3 is 0.866 bits per heavy atom. The van der Waals surface area contributed by atoms with Crippen molar-refractivity contribution in [3.8, 4) is 0 Å². The molecule has 0 radical (unpaired) electrons. The highest BCUT2D eigenvalue weighted by Gasteiger charge is 2.20. The standard InChI is InChI=1S/C76H149NO5/c1-3-5-7-9-11-13-15-17-19-21-22-23-24-28-31-34-37-40-44-48-52-56-60-64-68-74(79)73(72-78)77-75(80)69-65-61-57-53-49-45-41-38-35-32-29-26-25-27-30-33-36-39-43-47-51-55-59-63-67-71-82-76(81)70-66-62-58-54-50-46-42-20-18-16-14-12-10-8-6-4-2/h20,42,73-74,78-79H,3-19,21-41,43-72H2,1-2H3,(H,77,80)/b42-20-. The number of carbonyl (C=O) groups excluding carboxylic acids is 2. The molecule has 0 bridgehead atoms. The van der Waals surface area contributed by atoms with Gasteiger partial charge < -0.3 is 20.3 Å². The lowest BCUT2D eigenvalue weighted by molar-refractivity contribution is -0.143. The van der Waals surface area contributed by atoms with E-state index in [-0.39, 0.29) is 18.5 Å². The van der Waals surface area contributed by atoms with Crippen LogP contribution in [-0.4, -0.2) is 47.4 Å². The molecule has 0 aromatic carbocycles. The molecule has 3 N–H and O–H groups in total. The van der Waals surface area contributed by atoms with Gasteiger partial charge in [0, 0.05) is 12.8 Å². The first kappa shape index (κ1) is 80.6. The second kappa shape index (κ2) is 72.1. The Bertz CT molecular complexity index is 1240. The van der Waals surface area contributed by atoms with Gasteiger partial charge in [0.1, 0.15) is 0 Å². The fraction of sp³-hybridized carbons (Fsp3) is 0.947. The second-order valence-corrected chi connectivity index (χ2v) is 26.3. The number of hydrogen-bond acceptors (Lipinski definition) is 5. The third-order valence-corrected chi connectivity index (χ3v) is 18.1. The van der Waals surface area contributed by atoms with E-state index in [1.54, 1.807) is 0 Å². The summed E-state index contributed by atoms with van der Waals surface area (Å²) in [6.45, 7) is 5.00. The van der Waals surface area contributed by atoms with Crippen molar-refractivity contribution in [2.24, 2.45) is 0 Å². The highest BCUT2D eigenvalue weighted by Crippen LogP contribution is 2.20. The van der Waals surface area contributed by atoms with Crippen LogP contribution in [0.3, 0.4) is 0 Å². The molecule has 0 heterocycles. The third-order valence-electron chi connectivity index (χ3n) is 18.1. The van der Waals surface area contributed by atoms with Gasteiger partial charge in [-0.05, 0) is 51.4 Å². The first-order valence-corrected chi connectivity index (χ1v) is 37.9. The molecule has 0 saturated heterocycles. The van der Waals surface area contributed by atoms with Crippen molar-refractivity contribution in [2.45, 2.75) is 450 Å². The Labute approximate surface area is 514 Å². The van der Waals surface area contributed by atoms with Gasteiger partial charge in [-0.25, -0.2) is 0 Å². The number of ether oxygens (including phenoxy) is 1. The van der Waals surface area contributed by atoms with Gasteiger partial charge in [0.15, 0.2) is 0 Å². The molecule has 6 nitrogen and oxygen atoms in total. The van der Waals surface area contributed by atoms with E-state index in [4.69, 9.17) is 4.74 Å². The van der Waals surface area contributed by atoms with Gasteiger partial charge in [-0.15, -0.1) is 0 Å². The van der Waals surface area contributed by atoms with Crippen LogP contribution in [-0.2, 0) is 14.3 Å². The number of amides is 1. The second-order valence-electron chi connectivity index (χ2n) is 26.3. The fourth-order valence-electron chi connectivity index (χ4n) is 12.3. The molecule has 2 unspecified atom stereocenters. The van der Waals surface area contributed by atoms with E-state index in [1.807, 2.05) is 0 Å². The average Bonchev–Trinajstić information content (AvgIpc) is 3.48. The number of aliphatic hydroxyl groups is 2. The van der Waals surface area contributed by atoms with Crippen molar-refractivity contribution in [1.82, 2.24) is 5.32 Å². The van der Waals surface area contributed by atoms with Gasteiger partial charge in [0.2, 0.25) is 5.91 Å². The van der Waals surface area contributed by atoms with Gasteiger partial charge in [-0.2, -0.15) is 0 Å². The van der Waals surface area contributed by atoms with Crippen molar-refractivity contribution < 1.29 is 24.5 Å². The number of rotatable bonds is 72. The molecule has 0 aromatic heterocycles. The highest BCUT2D eigenvalue weighted by atomic mass is 16.5. The summed E-state index contributed by atoms with van der Waals surface area (Å²) in [6, 6.07) is -0.541. The summed E-state index contributed by atoms with van der Waals surface area (Å²) >= 11 is 0. The Balaban J connectivity index is 3.36. The van der Waals surface area contributed by atoms with E-state index < -0.39 is 12.1 Å². The van der Waals surface area contributed by atoms with Gasteiger partial charge in [-0.3, -0.25) is 9.59 Å². The minimum Gasteiger partial charge on any atom is -0.466 e. The van der Waals surface area contributed by atoms with Crippen molar-refractivity contribution in [1.29, 1.82) is 0 Å². The Morgan fingerprint density at radius 1 is 0.329 bits per heavy atom. The molecule has 0 aliphatic rings. The lowest BCUT2D eigenvalue weighted by Crippen LogP contribution is -2.45.